The maximum atomic E-state index is 4.56. The summed E-state index contributed by atoms with van der Waals surface area (Å²) in [6.07, 6.45) is 9.42. The van der Waals surface area contributed by atoms with E-state index >= 15 is 0 Å². The van der Waals surface area contributed by atoms with Crippen molar-refractivity contribution < 1.29 is 0 Å². The van der Waals surface area contributed by atoms with Crippen LogP contribution in [-0.4, -0.2) is 25.4 Å². The lowest BCUT2D eigenvalue weighted by atomic mass is 10.4. The Hall–Kier alpha value is -1.62. The van der Waals surface area contributed by atoms with E-state index in [1.165, 1.54) is 12.8 Å². The Balaban J connectivity index is 1.51. The zero-order valence-corrected chi connectivity index (χ0v) is 10.7. The SMILES string of the molecule is Cn1ccnc1CCn1ccc(CNC2CC2)n1. The molecule has 0 radical (unpaired) electrons. The standard InChI is InChI=1S/C13H19N5/c1-17-9-6-14-13(17)5-8-18-7-4-12(16-18)10-15-11-2-3-11/h4,6-7,9,11,15H,2-3,5,8,10H2,1H3. The monoisotopic (exact) mass is 245 g/mol. The third-order valence-corrected chi connectivity index (χ3v) is 3.33. The molecule has 1 N–H and O–H groups in total. The molecule has 0 amide bonds. The molecule has 1 fully saturated rings. The van der Waals surface area contributed by atoms with Crippen LogP contribution < -0.4 is 5.32 Å². The second-order valence-corrected chi connectivity index (χ2v) is 4.93. The third kappa shape index (κ3) is 2.79. The van der Waals surface area contributed by atoms with E-state index in [-0.39, 0.29) is 0 Å². The molecule has 0 atom stereocenters. The zero-order chi connectivity index (χ0) is 12.4. The molecule has 0 saturated heterocycles. The smallest absolute Gasteiger partial charge is 0.110 e. The van der Waals surface area contributed by atoms with Gasteiger partial charge in [0, 0.05) is 51.2 Å². The Bertz CT molecular complexity index is 509. The highest BCUT2D eigenvalue weighted by Gasteiger charge is 2.20. The molecule has 3 rings (SSSR count). The van der Waals surface area contributed by atoms with E-state index < -0.39 is 0 Å². The van der Waals surface area contributed by atoms with Crippen LogP contribution in [0.3, 0.4) is 0 Å². The molecule has 0 aromatic carbocycles. The van der Waals surface area contributed by atoms with Gasteiger partial charge in [-0.25, -0.2) is 4.98 Å². The third-order valence-electron chi connectivity index (χ3n) is 3.33. The van der Waals surface area contributed by atoms with Gasteiger partial charge in [-0.15, -0.1) is 0 Å². The second-order valence-electron chi connectivity index (χ2n) is 4.93. The maximum Gasteiger partial charge on any atom is 0.110 e. The van der Waals surface area contributed by atoms with Crippen molar-refractivity contribution in [1.82, 2.24) is 24.6 Å². The first kappa shape index (κ1) is 11.5. The van der Waals surface area contributed by atoms with Gasteiger partial charge in [-0.2, -0.15) is 5.10 Å². The summed E-state index contributed by atoms with van der Waals surface area (Å²) < 4.78 is 4.05. The molecule has 96 valence electrons. The Morgan fingerprint density at radius 2 is 2.28 bits per heavy atom. The first-order valence-electron chi connectivity index (χ1n) is 6.53. The Labute approximate surface area is 107 Å². The average molecular weight is 245 g/mol. The van der Waals surface area contributed by atoms with Crippen LogP contribution in [0, 0.1) is 0 Å². The van der Waals surface area contributed by atoms with Crippen molar-refractivity contribution in [2.45, 2.75) is 38.4 Å². The summed E-state index contributed by atoms with van der Waals surface area (Å²) >= 11 is 0. The fourth-order valence-corrected chi connectivity index (χ4v) is 2.01. The first-order chi connectivity index (χ1) is 8.81. The predicted molar refractivity (Wildman–Crippen MR) is 69.0 cm³/mol. The number of rotatable bonds is 6. The number of nitrogens with one attached hydrogen (secondary N) is 1. The van der Waals surface area contributed by atoms with Crippen LogP contribution >= 0.6 is 0 Å². The summed E-state index contributed by atoms with van der Waals surface area (Å²) in [7, 11) is 2.02. The lowest BCUT2D eigenvalue weighted by molar-refractivity contribution is 0.573. The summed E-state index contributed by atoms with van der Waals surface area (Å²) in [5.74, 6) is 1.10. The summed E-state index contributed by atoms with van der Waals surface area (Å²) in [5.41, 5.74) is 1.13. The number of aromatic nitrogens is 4. The van der Waals surface area contributed by atoms with Crippen molar-refractivity contribution in [2.24, 2.45) is 7.05 Å². The van der Waals surface area contributed by atoms with Crippen molar-refractivity contribution in [3.8, 4) is 0 Å². The van der Waals surface area contributed by atoms with Crippen molar-refractivity contribution in [2.75, 3.05) is 0 Å². The second kappa shape index (κ2) is 4.94. The zero-order valence-electron chi connectivity index (χ0n) is 10.7. The Kier molecular flexibility index (Phi) is 3.15. The fraction of sp³-hybridized carbons (Fsp3) is 0.538. The molecule has 2 aromatic heterocycles. The highest BCUT2D eigenvalue weighted by Crippen LogP contribution is 2.18. The molecule has 1 aliphatic carbocycles. The van der Waals surface area contributed by atoms with E-state index in [2.05, 4.69) is 26.0 Å². The van der Waals surface area contributed by atoms with E-state index in [0.29, 0.717) is 0 Å². The largest absolute Gasteiger partial charge is 0.338 e. The summed E-state index contributed by atoms with van der Waals surface area (Å²) in [4.78, 5) is 4.31. The summed E-state index contributed by atoms with van der Waals surface area (Å²) in [6, 6.07) is 2.83. The lowest BCUT2D eigenvalue weighted by Gasteiger charge is -2.02. The molecule has 2 aromatic rings. The van der Waals surface area contributed by atoms with Crippen LogP contribution in [0.4, 0.5) is 0 Å². The quantitative estimate of drug-likeness (QED) is 0.829. The summed E-state index contributed by atoms with van der Waals surface area (Å²) in [6.45, 7) is 1.77. The molecule has 2 heterocycles. The van der Waals surface area contributed by atoms with E-state index in [1.807, 2.05) is 30.3 Å². The Morgan fingerprint density at radius 1 is 1.39 bits per heavy atom. The van der Waals surface area contributed by atoms with Crippen molar-refractivity contribution in [3.05, 3.63) is 36.2 Å². The van der Waals surface area contributed by atoms with E-state index in [1.54, 1.807) is 0 Å². The van der Waals surface area contributed by atoms with Crippen LogP contribution in [0.25, 0.3) is 0 Å². The average Bonchev–Trinajstić information content (AvgIpc) is 2.94. The van der Waals surface area contributed by atoms with Crippen LogP contribution in [0.5, 0.6) is 0 Å². The number of hydrogen-bond donors (Lipinski definition) is 1. The van der Waals surface area contributed by atoms with Crippen molar-refractivity contribution >= 4 is 0 Å². The van der Waals surface area contributed by atoms with E-state index in [0.717, 1.165) is 37.1 Å². The van der Waals surface area contributed by atoms with Gasteiger partial charge in [-0.1, -0.05) is 0 Å². The number of imidazole rings is 1. The van der Waals surface area contributed by atoms with Gasteiger partial charge in [-0.05, 0) is 18.9 Å². The molecule has 1 aliphatic rings. The Morgan fingerprint density at radius 3 is 3.00 bits per heavy atom. The van der Waals surface area contributed by atoms with Gasteiger partial charge in [-0.3, -0.25) is 4.68 Å². The molecule has 0 bridgehead atoms. The first-order valence-corrected chi connectivity index (χ1v) is 6.53. The number of nitrogens with zero attached hydrogens (tertiary/aromatic N) is 4. The fourth-order valence-electron chi connectivity index (χ4n) is 2.01. The van der Waals surface area contributed by atoms with Crippen LogP contribution in [0.1, 0.15) is 24.4 Å². The molecule has 0 unspecified atom stereocenters. The minimum absolute atomic E-state index is 0.739. The van der Waals surface area contributed by atoms with Gasteiger partial charge < -0.3 is 9.88 Å². The van der Waals surface area contributed by atoms with Gasteiger partial charge in [0.1, 0.15) is 5.82 Å². The van der Waals surface area contributed by atoms with Crippen LogP contribution in [0.15, 0.2) is 24.7 Å². The normalized spacial score (nSPS) is 15.2. The molecular weight excluding hydrogens is 226 g/mol. The van der Waals surface area contributed by atoms with E-state index in [9.17, 15) is 0 Å². The maximum absolute atomic E-state index is 4.56. The number of hydrogen-bond acceptors (Lipinski definition) is 3. The molecular formula is C13H19N5. The van der Waals surface area contributed by atoms with Crippen molar-refractivity contribution in [1.29, 1.82) is 0 Å². The summed E-state index contributed by atoms with van der Waals surface area (Å²) in [5, 5.41) is 8.03. The predicted octanol–water partition coefficient (Wildman–Crippen LogP) is 1.11. The molecule has 5 nitrogen and oxygen atoms in total. The van der Waals surface area contributed by atoms with E-state index in [4.69, 9.17) is 0 Å². The molecule has 0 spiro atoms. The van der Waals surface area contributed by atoms with Gasteiger partial charge in [0.15, 0.2) is 0 Å². The van der Waals surface area contributed by atoms with Crippen LogP contribution in [0.2, 0.25) is 0 Å². The molecule has 0 aliphatic heterocycles. The van der Waals surface area contributed by atoms with Gasteiger partial charge in [0.25, 0.3) is 0 Å². The molecule has 18 heavy (non-hydrogen) atoms. The highest BCUT2D eigenvalue weighted by atomic mass is 15.3. The van der Waals surface area contributed by atoms with Crippen molar-refractivity contribution in [3.63, 3.8) is 0 Å². The lowest BCUT2D eigenvalue weighted by Crippen LogP contribution is -2.16. The number of aryl methyl sites for hydroxylation is 3. The van der Waals surface area contributed by atoms with Gasteiger partial charge in [0.05, 0.1) is 5.69 Å². The minimum atomic E-state index is 0.739. The topological polar surface area (TPSA) is 47.7 Å². The molecule has 1 saturated carbocycles. The minimum Gasteiger partial charge on any atom is -0.338 e. The molecule has 5 heteroatoms. The van der Waals surface area contributed by atoms with Gasteiger partial charge in [0.2, 0.25) is 0 Å². The van der Waals surface area contributed by atoms with Gasteiger partial charge >= 0.3 is 0 Å². The van der Waals surface area contributed by atoms with Crippen LogP contribution in [-0.2, 0) is 26.6 Å². The highest BCUT2D eigenvalue weighted by molar-refractivity contribution is 5.00.